The van der Waals surface area contributed by atoms with Crippen molar-refractivity contribution in [3.63, 3.8) is 0 Å². The highest BCUT2D eigenvalue weighted by atomic mass is 16.4. The van der Waals surface area contributed by atoms with Crippen molar-refractivity contribution >= 4 is 17.6 Å². The van der Waals surface area contributed by atoms with Crippen molar-refractivity contribution in [1.29, 1.82) is 0 Å². The third kappa shape index (κ3) is 5.89. The van der Waals surface area contributed by atoms with Gasteiger partial charge >= 0.3 is 5.97 Å². The van der Waals surface area contributed by atoms with Gasteiger partial charge in [-0.15, -0.1) is 0 Å². The number of carboxylic acids is 1. The zero-order valence-corrected chi connectivity index (χ0v) is 10.9. The third-order valence-electron chi connectivity index (χ3n) is 2.66. The fourth-order valence-corrected chi connectivity index (χ4v) is 1.72. The minimum atomic E-state index is -0.791. The number of aromatic amines is 1. The SMILES string of the molecule is Cn1cc(NC(=O)CCCCCCC(=O)O)c(=O)[nH]1. The molecule has 19 heavy (non-hydrogen) atoms. The predicted molar refractivity (Wildman–Crippen MR) is 70.0 cm³/mol. The van der Waals surface area contributed by atoms with Crippen molar-refractivity contribution in [2.24, 2.45) is 7.05 Å². The third-order valence-corrected chi connectivity index (χ3v) is 2.66. The Labute approximate surface area is 110 Å². The molecule has 1 heterocycles. The Morgan fingerprint density at radius 1 is 1.26 bits per heavy atom. The standard InChI is InChI=1S/C12H19N3O4/c1-15-8-9(12(19)14-15)13-10(16)6-4-2-3-5-7-11(17)18/h8H,2-7H2,1H3,(H,13,16)(H,14,19)(H,17,18). The first kappa shape index (κ1) is 15.0. The smallest absolute Gasteiger partial charge is 0.303 e. The maximum atomic E-state index is 11.5. The van der Waals surface area contributed by atoms with Crippen molar-refractivity contribution < 1.29 is 14.7 Å². The highest BCUT2D eigenvalue weighted by molar-refractivity contribution is 5.90. The number of carbonyl (C=O) groups is 2. The molecule has 106 valence electrons. The van der Waals surface area contributed by atoms with E-state index in [1.165, 1.54) is 10.9 Å². The van der Waals surface area contributed by atoms with Gasteiger partial charge in [0, 0.05) is 19.9 Å². The number of aliphatic carboxylic acids is 1. The Kier molecular flexibility index (Phi) is 5.84. The Morgan fingerprint density at radius 3 is 2.42 bits per heavy atom. The minimum absolute atomic E-state index is 0.172. The van der Waals surface area contributed by atoms with Crippen LogP contribution in [0, 0.1) is 0 Å². The Hall–Kier alpha value is -2.05. The molecular weight excluding hydrogens is 250 g/mol. The maximum Gasteiger partial charge on any atom is 0.303 e. The summed E-state index contributed by atoms with van der Waals surface area (Å²) < 4.78 is 1.48. The van der Waals surface area contributed by atoms with E-state index in [0.29, 0.717) is 19.3 Å². The molecule has 0 aromatic carbocycles. The molecule has 1 aromatic rings. The summed E-state index contributed by atoms with van der Waals surface area (Å²) in [6, 6.07) is 0. The molecule has 7 nitrogen and oxygen atoms in total. The van der Waals surface area contributed by atoms with Crippen molar-refractivity contribution in [3.8, 4) is 0 Å². The number of carbonyl (C=O) groups excluding carboxylic acids is 1. The summed E-state index contributed by atoms with van der Waals surface area (Å²) in [5.41, 5.74) is -0.0734. The monoisotopic (exact) mass is 269 g/mol. The molecule has 3 N–H and O–H groups in total. The van der Waals surface area contributed by atoms with Gasteiger partial charge in [0.15, 0.2) is 0 Å². The normalized spacial score (nSPS) is 10.4. The van der Waals surface area contributed by atoms with E-state index in [-0.39, 0.29) is 23.6 Å². The molecule has 0 fully saturated rings. The van der Waals surface area contributed by atoms with Gasteiger partial charge in [0.2, 0.25) is 5.91 Å². The van der Waals surface area contributed by atoms with Crippen molar-refractivity contribution in [2.75, 3.05) is 5.32 Å². The summed E-state index contributed by atoms with van der Waals surface area (Å²) >= 11 is 0. The van der Waals surface area contributed by atoms with Crippen LogP contribution < -0.4 is 10.9 Å². The summed E-state index contributed by atoms with van der Waals surface area (Å²) in [7, 11) is 1.67. The first-order chi connectivity index (χ1) is 8.99. The number of H-pyrrole nitrogens is 1. The van der Waals surface area contributed by atoms with Gasteiger partial charge in [-0.2, -0.15) is 0 Å². The first-order valence-electron chi connectivity index (χ1n) is 6.26. The Morgan fingerprint density at radius 2 is 1.89 bits per heavy atom. The number of nitrogens with zero attached hydrogens (tertiary/aromatic N) is 1. The second kappa shape index (κ2) is 7.40. The number of carboxylic acid groups (broad SMARTS) is 1. The van der Waals surface area contributed by atoms with E-state index >= 15 is 0 Å². The van der Waals surface area contributed by atoms with E-state index in [1.54, 1.807) is 7.05 Å². The summed E-state index contributed by atoms with van der Waals surface area (Å²) in [4.78, 5) is 33.1. The molecule has 0 aliphatic heterocycles. The second-order valence-corrected chi connectivity index (χ2v) is 4.45. The fraction of sp³-hybridized carbons (Fsp3) is 0.583. The number of unbranched alkanes of at least 4 members (excludes halogenated alkanes) is 3. The molecule has 0 saturated heterocycles. The molecule has 0 spiro atoms. The van der Waals surface area contributed by atoms with Crippen LogP contribution in [0.15, 0.2) is 11.0 Å². The van der Waals surface area contributed by atoms with Crippen LogP contribution in [0.1, 0.15) is 38.5 Å². The van der Waals surface area contributed by atoms with Gasteiger partial charge in [-0.25, -0.2) is 0 Å². The first-order valence-corrected chi connectivity index (χ1v) is 6.26. The van der Waals surface area contributed by atoms with Crippen LogP contribution in [-0.4, -0.2) is 26.8 Å². The van der Waals surface area contributed by atoms with Crippen LogP contribution in [0.5, 0.6) is 0 Å². The van der Waals surface area contributed by atoms with Crippen molar-refractivity contribution in [2.45, 2.75) is 38.5 Å². The number of aromatic nitrogens is 2. The quantitative estimate of drug-likeness (QED) is 0.614. The Bertz CT molecular complexity index is 489. The fourth-order valence-electron chi connectivity index (χ4n) is 1.72. The zero-order chi connectivity index (χ0) is 14.3. The van der Waals surface area contributed by atoms with Gasteiger partial charge in [-0.1, -0.05) is 12.8 Å². The number of rotatable bonds is 8. The number of anilines is 1. The minimum Gasteiger partial charge on any atom is -0.481 e. The molecule has 0 bridgehead atoms. The number of hydrogen-bond acceptors (Lipinski definition) is 3. The van der Waals surface area contributed by atoms with Gasteiger partial charge in [0.05, 0.1) is 6.20 Å². The number of aryl methyl sites for hydroxylation is 1. The summed E-state index contributed by atoms with van der Waals surface area (Å²) in [5.74, 6) is -0.990. The average molecular weight is 269 g/mol. The lowest BCUT2D eigenvalue weighted by atomic mass is 10.1. The number of hydrogen-bond donors (Lipinski definition) is 3. The molecule has 0 saturated carbocycles. The van der Waals surface area contributed by atoms with E-state index < -0.39 is 5.97 Å². The van der Waals surface area contributed by atoms with Crippen LogP contribution in [0.3, 0.4) is 0 Å². The second-order valence-electron chi connectivity index (χ2n) is 4.45. The average Bonchev–Trinajstić information content (AvgIpc) is 2.62. The summed E-state index contributed by atoms with van der Waals surface area (Å²) in [5, 5.41) is 13.5. The molecule has 0 unspecified atom stereocenters. The van der Waals surface area contributed by atoms with Gasteiger partial charge < -0.3 is 10.4 Å². The van der Waals surface area contributed by atoms with E-state index in [0.717, 1.165) is 12.8 Å². The molecule has 1 aromatic heterocycles. The van der Waals surface area contributed by atoms with Crippen LogP contribution in [0.25, 0.3) is 0 Å². The summed E-state index contributed by atoms with van der Waals surface area (Å²) in [6.07, 6.45) is 4.96. The Balaban J connectivity index is 2.16. The van der Waals surface area contributed by atoms with Gasteiger partial charge in [-0.3, -0.25) is 24.2 Å². The molecular formula is C12H19N3O4. The topological polar surface area (TPSA) is 104 Å². The largest absolute Gasteiger partial charge is 0.481 e. The number of nitrogens with one attached hydrogen (secondary N) is 2. The van der Waals surface area contributed by atoms with Crippen molar-refractivity contribution in [3.05, 3.63) is 16.6 Å². The molecule has 0 aliphatic carbocycles. The van der Waals surface area contributed by atoms with E-state index in [1.807, 2.05) is 0 Å². The molecule has 0 radical (unpaired) electrons. The van der Waals surface area contributed by atoms with Crippen molar-refractivity contribution in [1.82, 2.24) is 9.78 Å². The van der Waals surface area contributed by atoms with Crippen LogP contribution in [0.2, 0.25) is 0 Å². The van der Waals surface area contributed by atoms with Gasteiger partial charge in [0.1, 0.15) is 5.69 Å². The van der Waals surface area contributed by atoms with Crippen LogP contribution in [-0.2, 0) is 16.6 Å². The van der Waals surface area contributed by atoms with Crippen LogP contribution >= 0.6 is 0 Å². The molecule has 1 rings (SSSR count). The van der Waals surface area contributed by atoms with E-state index in [2.05, 4.69) is 10.4 Å². The molecule has 0 aliphatic rings. The van der Waals surface area contributed by atoms with E-state index in [4.69, 9.17) is 5.11 Å². The molecule has 1 amide bonds. The van der Waals surface area contributed by atoms with E-state index in [9.17, 15) is 14.4 Å². The lowest BCUT2D eigenvalue weighted by Crippen LogP contribution is -2.16. The maximum absolute atomic E-state index is 11.5. The van der Waals surface area contributed by atoms with Gasteiger partial charge in [-0.05, 0) is 12.8 Å². The zero-order valence-electron chi connectivity index (χ0n) is 10.9. The lowest BCUT2D eigenvalue weighted by Gasteiger charge is -2.01. The predicted octanol–water partition coefficient (Wildman–Crippen LogP) is 1.08. The highest BCUT2D eigenvalue weighted by Gasteiger charge is 2.07. The molecule has 7 heteroatoms. The number of amides is 1. The van der Waals surface area contributed by atoms with Gasteiger partial charge in [0.25, 0.3) is 5.56 Å². The lowest BCUT2D eigenvalue weighted by molar-refractivity contribution is -0.137. The molecule has 0 atom stereocenters. The highest BCUT2D eigenvalue weighted by Crippen LogP contribution is 2.06. The van der Waals surface area contributed by atoms with Crippen LogP contribution in [0.4, 0.5) is 5.69 Å². The summed E-state index contributed by atoms with van der Waals surface area (Å²) in [6.45, 7) is 0.